The zero-order valence-electron chi connectivity index (χ0n) is 24.3. The molecule has 5 N–H and O–H groups in total. The molecule has 0 atom stereocenters. The van der Waals surface area contributed by atoms with Gasteiger partial charge in [-0.3, -0.25) is 14.6 Å². The molecule has 2 aromatic carbocycles. The monoisotopic (exact) mass is 616 g/mol. The number of aromatic nitrogens is 3. The fourth-order valence-corrected chi connectivity index (χ4v) is 5.96. The summed E-state index contributed by atoms with van der Waals surface area (Å²) in [6.07, 6.45) is 4.78. The maximum Gasteiger partial charge on any atom is 0.279 e. The lowest BCUT2D eigenvalue weighted by Gasteiger charge is -2.37. The zero-order chi connectivity index (χ0) is 30.8. The molecule has 0 bridgehead atoms. The fourth-order valence-electron chi connectivity index (χ4n) is 5.84. The second kappa shape index (κ2) is 12.0. The van der Waals surface area contributed by atoms with Crippen LogP contribution >= 0.6 is 11.6 Å². The number of nitrogens with zero attached hydrogens (tertiary/aromatic N) is 5. The van der Waals surface area contributed by atoms with Crippen LogP contribution in [0.3, 0.4) is 0 Å². The highest BCUT2D eigenvalue weighted by Gasteiger charge is 2.40. The third-order valence-corrected chi connectivity index (χ3v) is 8.54. The van der Waals surface area contributed by atoms with E-state index in [1.54, 1.807) is 7.11 Å². The van der Waals surface area contributed by atoms with Gasteiger partial charge in [0.05, 0.1) is 19.2 Å². The molecule has 0 unspecified atom stereocenters. The molecular weight excluding hydrogens is 584 g/mol. The van der Waals surface area contributed by atoms with Crippen molar-refractivity contribution in [2.45, 2.75) is 37.8 Å². The summed E-state index contributed by atoms with van der Waals surface area (Å²) < 4.78 is 13.2. The molecule has 44 heavy (non-hydrogen) atoms. The number of hydrogen-bond donors (Lipinski definition) is 3. The highest BCUT2D eigenvalue weighted by atomic mass is 35.5. The van der Waals surface area contributed by atoms with Gasteiger partial charge in [-0.15, -0.1) is 0 Å². The van der Waals surface area contributed by atoms with E-state index < -0.39 is 5.91 Å². The summed E-state index contributed by atoms with van der Waals surface area (Å²) in [6, 6.07) is 15.3. The molecule has 1 saturated heterocycles. The van der Waals surface area contributed by atoms with Crippen LogP contribution in [0.15, 0.2) is 59.7 Å². The second-order valence-corrected chi connectivity index (χ2v) is 11.3. The van der Waals surface area contributed by atoms with Gasteiger partial charge < -0.3 is 35.7 Å². The lowest BCUT2D eigenvalue weighted by molar-refractivity contribution is 0.0675. The first-order valence-corrected chi connectivity index (χ1v) is 14.8. The minimum absolute atomic E-state index is 0.00228. The summed E-state index contributed by atoms with van der Waals surface area (Å²) in [5, 5.41) is 3.62. The van der Waals surface area contributed by atoms with Gasteiger partial charge in [-0.1, -0.05) is 17.7 Å². The number of likely N-dealkylation sites (tertiary alicyclic amines) is 1. The van der Waals surface area contributed by atoms with Gasteiger partial charge in [0.1, 0.15) is 23.9 Å². The fraction of sp³-hybridized carbons (Fsp3) is 0.323. The van der Waals surface area contributed by atoms with Crippen LogP contribution in [0.2, 0.25) is 5.15 Å². The van der Waals surface area contributed by atoms with Gasteiger partial charge in [-0.05, 0) is 61.7 Å². The smallest absolute Gasteiger partial charge is 0.279 e. The molecule has 13 heteroatoms. The minimum Gasteiger partial charge on any atom is -0.497 e. The summed E-state index contributed by atoms with van der Waals surface area (Å²) in [4.78, 5) is 41.0. The molecule has 228 valence electrons. The lowest BCUT2D eigenvalue weighted by atomic mass is 9.85. The third kappa shape index (κ3) is 5.85. The number of benzene rings is 2. The number of carbonyl (C=O) groups is 2. The Labute approximate surface area is 259 Å². The van der Waals surface area contributed by atoms with Gasteiger partial charge in [0.2, 0.25) is 0 Å². The molecule has 2 amide bonds. The number of aliphatic imine (C=N–C) groups is 1. The number of nitrogen functional groups attached to an aromatic ring is 2. The van der Waals surface area contributed by atoms with Crippen LogP contribution in [-0.4, -0.2) is 69.4 Å². The Morgan fingerprint density at radius 3 is 2.50 bits per heavy atom. The molecule has 2 aliphatic heterocycles. The van der Waals surface area contributed by atoms with E-state index in [2.05, 4.69) is 19.9 Å². The van der Waals surface area contributed by atoms with Crippen molar-refractivity contribution in [2.75, 3.05) is 38.3 Å². The predicted octanol–water partition coefficient (Wildman–Crippen LogP) is 3.93. The van der Waals surface area contributed by atoms with Crippen LogP contribution in [0.25, 0.3) is 10.9 Å². The summed E-state index contributed by atoms with van der Waals surface area (Å²) in [5.41, 5.74) is 12.7. The maximum atomic E-state index is 13.7. The number of amides is 2. The van der Waals surface area contributed by atoms with E-state index in [-0.39, 0.29) is 33.9 Å². The average molecular weight is 617 g/mol. The van der Waals surface area contributed by atoms with E-state index in [0.717, 1.165) is 28.8 Å². The van der Waals surface area contributed by atoms with Crippen LogP contribution in [-0.2, 0) is 6.54 Å². The Kier molecular flexibility index (Phi) is 8.00. The van der Waals surface area contributed by atoms with E-state index in [4.69, 9.17) is 37.5 Å². The number of fused-ring (bicyclic) bond motifs is 1. The Hall–Kier alpha value is -4.84. The highest BCUT2D eigenvalue weighted by molar-refractivity contribution is 6.31. The van der Waals surface area contributed by atoms with E-state index >= 15 is 0 Å². The highest BCUT2D eigenvalue weighted by Crippen LogP contribution is 2.36. The number of nitrogens with two attached hydrogens (primary N) is 2. The van der Waals surface area contributed by atoms with Crippen molar-refractivity contribution in [3.05, 3.63) is 71.1 Å². The molecule has 1 spiro atoms. The number of hydrogen-bond acceptors (Lipinski definition) is 9. The number of anilines is 2. The Morgan fingerprint density at radius 1 is 1.00 bits per heavy atom. The van der Waals surface area contributed by atoms with Crippen molar-refractivity contribution in [1.82, 2.24) is 24.8 Å². The number of ether oxygens (including phenoxy) is 2. The van der Waals surface area contributed by atoms with E-state index in [1.165, 1.54) is 0 Å². The summed E-state index contributed by atoms with van der Waals surface area (Å²) >= 11 is 5.92. The molecule has 0 radical (unpaired) electrons. The van der Waals surface area contributed by atoms with Crippen LogP contribution in [0.4, 0.5) is 11.6 Å². The number of nitrogens with one attached hydrogen (secondary N) is 1. The van der Waals surface area contributed by atoms with Crippen LogP contribution in [0.5, 0.6) is 11.5 Å². The first kappa shape index (κ1) is 29.2. The van der Waals surface area contributed by atoms with Crippen molar-refractivity contribution in [3.8, 4) is 11.5 Å². The summed E-state index contributed by atoms with van der Waals surface area (Å²) in [5.74, 6) is 1.44. The molecule has 12 nitrogen and oxygen atoms in total. The number of methoxy groups -OCH3 is 1. The normalized spacial score (nSPS) is 15.8. The SMILES string of the molecule is COc1ccc(OCCn2ccc3c(C(=O)N4CCC5(CCC(NC(=O)c6nc(Cl)c(N)nc6N)=N5)CC4)cccc32)cc1. The minimum atomic E-state index is -0.535. The van der Waals surface area contributed by atoms with E-state index in [9.17, 15) is 9.59 Å². The molecule has 2 aliphatic rings. The number of carbonyl (C=O) groups excluding carboxylic acids is 2. The number of piperidine rings is 1. The molecule has 4 aromatic rings. The maximum absolute atomic E-state index is 13.7. The standard InChI is InChI=1S/C31H33ClN8O4/c1-43-19-5-7-20(8-6-19)44-18-17-39-14-10-21-22(3-2-4-23(21)39)30(42)40-15-12-31(13-16-40)11-9-24(38-31)35-29(41)25-27(33)37-28(34)26(32)36-25/h2-8,10,14H,9,11-13,15-18H2,1H3,(H4,33,34,37)(H,35,38,41). The number of halogens is 1. The predicted molar refractivity (Wildman–Crippen MR) is 168 cm³/mol. The third-order valence-electron chi connectivity index (χ3n) is 8.26. The first-order chi connectivity index (χ1) is 21.2. The van der Waals surface area contributed by atoms with Crippen molar-refractivity contribution < 1.29 is 19.1 Å². The largest absolute Gasteiger partial charge is 0.497 e. The van der Waals surface area contributed by atoms with Gasteiger partial charge in [-0.25, -0.2) is 9.97 Å². The Bertz CT molecular complexity index is 1750. The van der Waals surface area contributed by atoms with Crippen molar-refractivity contribution >= 4 is 51.8 Å². The van der Waals surface area contributed by atoms with E-state index in [1.807, 2.05) is 59.6 Å². The van der Waals surface area contributed by atoms with Gasteiger partial charge in [-0.2, -0.15) is 0 Å². The van der Waals surface area contributed by atoms with Crippen molar-refractivity contribution in [1.29, 1.82) is 0 Å². The molecule has 0 aliphatic carbocycles. The average Bonchev–Trinajstić information content (AvgIpc) is 3.63. The molecule has 0 saturated carbocycles. The zero-order valence-corrected chi connectivity index (χ0v) is 25.0. The topological polar surface area (TPSA) is 163 Å². The Morgan fingerprint density at radius 2 is 1.75 bits per heavy atom. The van der Waals surface area contributed by atoms with Crippen molar-refractivity contribution in [3.63, 3.8) is 0 Å². The van der Waals surface area contributed by atoms with Gasteiger partial charge in [0.15, 0.2) is 22.5 Å². The van der Waals surface area contributed by atoms with Crippen molar-refractivity contribution in [2.24, 2.45) is 4.99 Å². The molecule has 2 aromatic heterocycles. The van der Waals surface area contributed by atoms with Gasteiger partial charge >= 0.3 is 0 Å². The van der Waals surface area contributed by atoms with Gasteiger partial charge in [0.25, 0.3) is 11.8 Å². The lowest BCUT2D eigenvalue weighted by Crippen LogP contribution is -2.45. The summed E-state index contributed by atoms with van der Waals surface area (Å²) in [6.45, 7) is 2.27. The quantitative estimate of drug-likeness (QED) is 0.281. The summed E-state index contributed by atoms with van der Waals surface area (Å²) in [7, 11) is 1.63. The molecule has 1 fully saturated rings. The Balaban J connectivity index is 1.07. The molecular formula is C31H33ClN8O4. The van der Waals surface area contributed by atoms with Crippen LogP contribution in [0.1, 0.15) is 46.5 Å². The van der Waals surface area contributed by atoms with Crippen LogP contribution < -0.4 is 26.3 Å². The van der Waals surface area contributed by atoms with Gasteiger partial charge in [0, 0.05) is 42.2 Å². The van der Waals surface area contributed by atoms with E-state index in [0.29, 0.717) is 56.9 Å². The number of amidine groups is 1. The first-order valence-electron chi connectivity index (χ1n) is 14.4. The molecule has 6 rings (SSSR count). The number of rotatable bonds is 7. The molecule has 4 heterocycles. The second-order valence-electron chi connectivity index (χ2n) is 10.9. The van der Waals surface area contributed by atoms with Crippen LogP contribution in [0, 0.1) is 0 Å².